The van der Waals surface area contributed by atoms with Gasteiger partial charge in [-0.1, -0.05) is 20.8 Å². The van der Waals surface area contributed by atoms with Gasteiger partial charge in [-0.3, -0.25) is 4.79 Å². The first-order chi connectivity index (χ1) is 21.9. The van der Waals surface area contributed by atoms with Crippen molar-refractivity contribution >= 4 is 5.78 Å². The summed E-state index contributed by atoms with van der Waals surface area (Å²) < 4.78 is 24.0. The smallest absolute Gasteiger partial charge is 0.192 e. The highest BCUT2D eigenvalue weighted by Gasteiger charge is 2.81. The summed E-state index contributed by atoms with van der Waals surface area (Å²) in [6, 6.07) is 0. The molecule has 7 aliphatic rings. The lowest BCUT2D eigenvalue weighted by molar-refractivity contribution is -0.402. The van der Waals surface area contributed by atoms with E-state index in [1.807, 2.05) is 6.92 Å². The molecule has 7 N–H and O–H groups in total. The zero-order valence-corrected chi connectivity index (χ0v) is 28.5. The number of hydrogen-bond donors (Lipinski definition) is 7. The van der Waals surface area contributed by atoms with Crippen LogP contribution >= 0.6 is 0 Å². The van der Waals surface area contributed by atoms with Crippen LogP contribution < -0.4 is 0 Å². The SMILES string of the molecule is CO[C@]1(C)C[C@H]([C@@H](C)[C@@]2(O)CC[C@H]3[C@@H]4C[C@@H](O)[C@]56C[C@@H]5CC(=O)[C@]6(C)[C@H]4CC[C@@]32C)O[C@@H](O[C@@H]2O[C@H](CO)[C@@H](O)[C@H](O)[C@H]2O)[C@@]1(C)O. The second-order valence-electron chi connectivity index (χ2n) is 17.2. The van der Waals surface area contributed by atoms with E-state index >= 15 is 0 Å². The number of aliphatic hydroxyl groups is 7. The predicted molar refractivity (Wildman–Crippen MR) is 164 cm³/mol. The minimum atomic E-state index is -1.78. The third-order valence-corrected chi connectivity index (χ3v) is 15.9. The second-order valence-corrected chi connectivity index (χ2v) is 17.2. The minimum absolute atomic E-state index is 0.116. The Balaban J connectivity index is 1.15. The second kappa shape index (κ2) is 10.9. The first-order valence-electron chi connectivity index (χ1n) is 17.7. The van der Waals surface area contributed by atoms with E-state index in [4.69, 9.17) is 18.9 Å². The van der Waals surface area contributed by atoms with E-state index in [1.165, 1.54) is 14.0 Å². The predicted octanol–water partition coefficient (Wildman–Crippen LogP) is 0.634. The van der Waals surface area contributed by atoms with Crippen LogP contribution in [0.3, 0.4) is 0 Å². The van der Waals surface area contributed by atoms with Gasteiger partial charge in [0.15, 0.2) is 12.6 Å². The summed E-state index contributed by atoms with van der Waals surface area (Å²) in [7, 11) is 1.48. The first-order valence-corrected chi connectivity index (χ1v) is 17.7. The molecule has 12 nitrogen and oxygen atoms in total. The highest BCUT2D eigenvalue weighted by molar-refractivity contribution is 5.91. The van der Waals surface area contributed by atoms with Gasteiger partial charge in [-0.15, -0.1) is 0 Å². The molecule has 0 aromatic rings. The molecular formula is C35H56O12. The number of carbonyl (C=O) groups excluding carboxylic acids is 1. The van der Waals surface area contributed by atoms with Gasteiger partial charge in [0.2, 0.25) is 0 Å². The van der Waals surface area contributed by atoms with Gasteiger partial charge in [0, 0.05) is 36.7 Å². The van der Waals surface area contributed by atoms with Gasteiger partial charge in [0.05, 0.1) is 24.4 Å². The van der Waals surface area contributed by atoms with E-state index in [0.717, 1.165) is 25.7 Å². The number of carbonyl (C=O) groups is 1. The maximum atomic E-state index is 13.5. The molecule has 0 radical (unpaired) electrons. The molecule has 12 heteroatoms. The van der Waals surface area contributed by atoms with E-state index in [-0.39, 0.29) is 29.6 Å². The quantitative estimate of drug-likeness (QED) is 0.209. The Labute approximate surface area is 276 Å². The molecule has 1 spiro atoms. The number of rotatable bonds is 6. The van der Waals surface area contributed by atoms with Crippen LogP contribution in [0.25, 0.3) is 0 Å². The van der Waals surface area contributed by atoms with Crippen LogP contribution in [0.2, 0.25) is 0 Å². The molecule has 0 aromatic heterocycles. The largest absolute Gasteiger partial charge is 0.394 e. The zero-order chi connectivity index (χ0) is 34.3. The van der Waals surface area contributed by atoms with Gasteiger partial charge in [0.1, 0.15) is 41.4 Å². The van der Waals surface area contributed by atoms with Crippen molar-refractivity contribution < 1.29 is 59.5 Å². The summed E-state index contributed by atoms with van der Waals surface area (Å²) in [4.78, 5) is 13.5. The first kappa shape index (κ1) is 34.7. The summed E-state index contributed by atoms with van der Waals surface area (Å²) >= 11 is 0. The molecule has 2 saturated heterocycles. The molecule has 268 valence electrons. The van der Waals surface area contributed by atoms with Crippen LogP contribution in [0, 0.1) is 45.8 Å². The molecule has 19 atom stereocenters. The number of methoxy groups -OCH3 is 1. The Kier molecular flexibility index (Phi) is 8.02. The summed E-state index contributed by atoms with van der Waals surface area (Å²) in [5.74, 6) is 0.583. The molecule has 5 saturated carbocycles. The van der Waals surface area contributed by atoms with Gasteiger partial charge < -0.3 is 54.7 Å². The molecule has 47 heavy (non-hydrogen) atoms. The molecular weight excluding hydrogens is 612 g/mol. The fraction of sp³-hybridized carbons (Fsp3) is 0.971. The van der Waals surface area contributed by atoms with Crippen molar-refractivity contribution in [2.75, 3.05) is 13.7 Å². The zero-order valence-electron chi connectivity index (χ0n) is 28.5. The topological polar surface area (TPSA) is 196 Å². The van der Waals surface area contributed by atoms with Crippen LogP contribution in [-0.2, 0) is 23.7 Å². The van der Waals surface area contributed by atoms with E-state index < -0.39 is 89.4 Å². The fourth-order valence-electron chi connectivity index (χ4n) is 12.4. The van der Waals surface area contributed by atoms with Crippen molar-refractivity contribution in [3.63, 3.8) is 0 Å². The van der Waals surface area contributed by atoms with Gasteiger partial charge in [-0.2, -0.15) is 0 Å². The molecule has 0 amide bonds. The van der Waals surface area contributed by atoms with Crippen LogP contribution in [-0.4, -0.2) is 121 Å². The highest BCUT2D eigenvalue weighted by atomic mass is 16.8. The van der Waals surface area contributed by atoms with Crippen LogP contribution in [0.1, 0.15) is 86.0 Å². The van der Waals surface area contributed by atoms with E-state index in [9.17, 15) is 40.5 Å². The Hall–Kier alpha value is -0.770. The average Bonchev–Trinajstić information content (AvgIpc) is 3.61. The molecule has 2 aliphatic heterocycles. The molecule has 0 unspecified atom stereocenters. The molecule has 7 fully saturated rings. The maximum absolute atomic E-state index is 13.5. The minimum Gasteiger partial charge on any atom is -0.394 e. The number of ether oxygens (including phenoxy) is 4. The normalized spacial score (nSPS) is 60.7. The van der Waals surface area contributed by atoms with Gasteiger partial charge in [0.25, 0.3) is 0 Å². The lowest BCUT2D eigenvalue weighted by Crippen LogP contribution is -2.70. The lowest BCUT2D eigenvalue weighted by atomic mass is 9.44. The Morgan fingerprint density at radius 1 is 0.936 bits per heavy atom. The van der Waals surface area contributed by atoms with Crippen molar-refractivity contribution in [1.29, 1.82) is 0 Å². The summed E-state index contributed by atoms with van der Waals surface area (Å²) in [5.41, 5.74) is -5.48. The molecule has 7 rings (SSSR count). The summed E-state index contributed by atoms with van der Waals surface area (Å²) in [5, 5.41) is 77.2. The number of ketones is 1. The summed E-state index contributed by atoms with van der Waals surface area (Å²) in [6.07, 6.45) is -5.07. The highest BCUT2D eigenvalue weighted by Crippen LogP contribution is 2.81. The maximum Gasteiger partial charge on any atom is 0.192 e. The molecule has 5 aliphatic carbocycles. The van der Waals surface area contributed by atoms with Crippen LogP contribution in [0.15, 0.2) is 0 Å². The molecule has 0 aromatic carbocycles. The van der Waals surface area contributed by atoms with Crippen molar-refractivity contribution in [2.24, 2.45) is 45.8 Å². The number of fused-ring (bicyclic) bond motifs is 4. The van der Waals surface area contributed by atoms with E-state index in [2.05, 4.69) is 13.8 Å². The van der Waals surface area contributed by atoms with Crippen LogP contribution in [0.4, 0.5) is 0 Å². The summed E-state index contributed by atoms with van der Waals surface area (Å²) in [6.45, 7) is 8.82. The number of hydrogen-bond acceptors (Lipinski definition) is 12. The van der Waals surface area contributed by atoms with Crippen molar-refractivity contribution in [2.45, 2.75) is 152 Å². The number of aliphatic hydroxyl groups excluding tert-OH is 5. The van der Waals surface area contributed by atoms with Crippen molar-refractivity contribution in [1.82, 2.24) is 0 Å². The fourth-order valence-corrected chi connectivity index (χ4v) is 12.4. The van der Waals surface area contributed by atoms with Gasteiger partial charge in [-0.05, 0) is 81.5 Å². The molecule has 2 heterocycles. The van der Waals surface area contributed by atoms with Gasteiger partial charge >= 0.3 is 0 Å². The van der Waals surface area contributed by atoms with E-state index in [1.54, 1.807) is 6.92 Å². The Morgan fingerprint density at radius 2 is 1.62 bits per heavy atom. The monoisotopic (exact) mass is 668 g/mol. The third-order valence-electron chi connectivity index (χ3n) is 15.9. The average molecular weight is 669 g/mol. The van der Waals surface area contributed by atoms with Crippen LogP contribution in [0.5, 0.6) is 0 Å². The van der Waals surface area contributed by atoms with Crippen molar-refractivity contribution in [3.8, 4) is 0 Å². The number of Topliss-reactive ketones (excluding diaryl/α,β-unsaturated/α-hetero) is 1. The Bertz CT molecular complexity index is 1260. The lowest BCUT2D eigenvalue weighted by Gasteiger charge is -2.61. The standard InChI is InChI=1S/C35H56O12/c1-16(21-14-31(3,44-6)33(5,42)29(46-21)47-28-27(41)26(40)25(39)22(15-36)45-28)35(43)10-8-19-18-12-24(38)34-13-17(34)11-23(37)32(34,4)20(18)7-9-30(19,35)2/h16-22,24-29,36,38-43H,7-15H2,1-6H3/t16-,17+,18+,19+,20+,21-,22-,24-,25-,26+,27-,28+,29+,30+,31-,32+,33-,34+,35+/m1/s1. The Morgan fingerprint density at radius 3 is 2.28 bits per heavy atom. The van der Waals surface area contributed by atoms with Gasteiger partial charge in [-0.25, -0.2) is 0 Å². The van der Waals surface area contributed by atoms with E-state index in [0.29, 0.717) is 31.0 Å². The van der Waals surface area contributed by atoms with Crippen molar-refractivity contribution in [3.05, 3.63) is 0 Å². The molecule has 0 bridgehead atoms. The third kappa shape index (κ3) is 4.24.